The molecule has 122 valence electrons. The van der Waals surface area contributed by atoms with Gasteiger partial charge in [0.2, 0.25) is 5.91 Å². The van der Waals surface area contributed by atoms with Crippen LogP contribution in [0.25, 0.3) is 0 Å². The lowest BCUT2D eigenvalue weighted by atomic mass is 9.90. The van der Waals surface area contributed by atoms with E-state index < -0.39 is 12.0 Å². The van der Waals surface area contributed by atoms with Gasteiger partial charge in [-0.3, -0.25) is 9.59 Å². The highest BCUT2D eigenvalue weighted by Gasteiger charge is 2.28. The van der Waals surface area contributed by atoms with Crippen LogP contribution in [-0.2, 0) is 16.0 Å². The molecule has 0 saturated carbocycles. The molecule has 0 fully saturated rings. The van der Waals surface area contributed by atoms with Gasteiger partial charge in [-0.1, -0.05) is 44.2 Å². The van der Waals surface area contributed by atoms with Gasteiger partial charge in [0.05, 0.1) is 5.92 Å². The summed E-state index contributed by atoms with van der Waals surface area (Å²) in [5.74, 6) is -1.22. The van der Waals surface area contributed by atoms with Crippen molar-refractivity contribution in [3.63, 3.8) is 0 Å². The maximum atomic E-state index is 12.5. The van der Waals surface area contributed by atoms with Gasteiger partial charge in [0.25, 0.3) is 0 Å². The highest BCUT2D eigenvalue weighted by molar-refractivity contribution is 7.81. The smallest absolute Gasteiger partial charge is 0.325 e. The number of nitrogens with one attached hydrogen (secondary N) is 1. The van der Waals surface area contributed by atoms with Gasteiger partial charge < -0.3 is 10.4 Å². The molecule has 4 nitrogen and oxygen atoms in total. The van der Waals surface area contributed by atoms with Crippen LogP contribution < -0.4 is 5.32 Å². The van der Waals surface area contributed by atoms with Crippen LogP contribution in [0, 0.1) is 11.8 Å². The van der Waals surface area contributed by atoms with Gasteiger partial charge in [-0.25, -0.2) is 0 Å². The average Bonchev–Trinajstić information content (AvgIpc) is 2.44. The second-order valence-corrected chi connectivity index (χ2v) is 6.72. The molecule has 2 N–H and O–H groups in total. The molecule has 0 bridgehead atoms. The minimum absolute atomic E-state index is 0.110. The lowest BCUT2D eigenvalue weighted by molar-refractivity contribution is -0.141. The number of amides is 1. The van der Waals surface area contributed by atoms with Crippen molar-refractivity contribution in [2.45, 2.75) is 44.9 Å². The zero-order chi connectivity index (χ0) is 16.7. The van der Waals surface area contributed by atoms with Gasteiger partial charge >= 0.3 is 5.97 Å². The Balaban J connectivity index is 2.85. The van der Waals surface area contributed by atoms with E-state index in [2.05, 4.69) is 31.8 Å². The van der Waals surface area contributed by atoms with Crippen LogP contribution in [0.5, 0.6) is 0 Å². The van der Waals surface area contributed by atoms with Gasteiger partial charge in [0, 0.05) is 5.25 Å². The van der Waals surface area contributed by atoms with Crippen molar-refractivity contribution in [2.24, 2.45) is 11.8 Å². The summed E-state index contributed by atoms with van der Waals surface area (Å²) in [7, 11) is 0. The van der Waals surface area contributed by atoms with Crippen LogP contribution in [0.3, 0.4) is 0 Å². The highest BCUT2D eigenvalue weighted by Crippen LogP contribution is 2.23. The van der Waals surface area contributed by atoms with Crippen LogP contribution in [0.1, 0.15) is 32.8 Å². The summed E-state index contributed by atoms with van der Waals surface area (Å²) in [5.41, 5.74) is 1.05. The van der Waals surface area contributed by atoms with Crippen molar-refractivity contribution in [1.82, 2.24) is 5.32 Å². The number of carboxylic acid groups (broad SMARTS) is 1. The Bertz CT molecular complexity index is 490. The number of hydrogen-bond donors (Lipinski definition) is 3. The molecule has 1 rings (SSSR count). The maximum Gasteiger partial charge on any atom is 0.325 e. The Kier molecular flexibility index (Phi) is 7.45. The first-order valence-corrected chi connectivity index (χ1v) is 8.08. The summed E-state index contributed by atoms with van der Waals surface area (Å²) >= 11 is 4.60. The zero-order valence-electron chi connectivity index (χ0n) is 13.3. The van der Waals surface area contributed by atoms with Gasteiger partial charge in [0.15, 0.2) is 0 Å². The first kappa shape index (κ1) is 18.6. The Morgan fingerprint density at radius 3 is 2.27 bits per heavy atom. The molecule has 0 spiro atoms. The third kappa shape index (κ3) is 6.10. The summed E-state index contributed by atoms with van der Waals surface area (Å²) in [6.45, 7) is 5.64. The molecule has 1 aromatic carbocycles. The van der Waals surface area contributed by atoms with Crippen LogP contribution >= 0.6 is 12.6 Å². The molecule has 3 atom stereocenters. The first-order chi connectivity index (χ1) is 10.3. The molecule has 0 aliphatic heterocycles. The van der Waals surface area contributed by atoms with Crippen molar-refractivity contribution in [1.29, 1.82) is 0 Å². The Hall–Kier alpha value is -1.49. The van der Waals surface area contributed by atoms with Crippen molar-refractivity contribution >= 4 is 24.5 Å². The van der Waals surface area contributed by atoms with Gasteiger partial charge in [0.1, 0.15) is 6.04 Å². The monoisotopic (exact) mass is 323 g/mol. The molecule has 5 heteroatoms. The molecule has 22 heavy (non-hydrogen) atoms. The molecule has 0 aliphatic carbocycles. The van der Waals surface area contributed by atoms with Crippen LogP contribution in [0.15, 0.2) is 30.3 Å². The van der Waals surface area contributed by atoms with Crippen LogP contribution in [-0.4, -0.2) is 28.3 Å². The van der Waals surface area contributed by atoms with E-state index in [1.54, 1.807) is 0 Å². The minimum Gasteiger partial charge on any atom is -0.480 e. The number of hydrogen-bond acceptors (Lipinski definition) is 3. The molecule has 1 amide bonds. The van der Waals surface area contributed by atoms with E-state index in [1.807, 2.05) is 30.3 Å². The molecule has 0 saturated heterocycles. The molecule has 0 aromatic heterocycles. The van der Waals surface area contributed by atoms with E-state index >= 15 is 0 Å². The summed E-state index contributed by atoms with van der Waals surface area (Å²) in [6.07, 6.45) is 1.36. The topological polar surface area (TPSA) is 66.4 Å². The highest BCUT2D eigenvalue weighted by atomic mass is 32.1. The summed E-state index contributed by atoms with van der Waals surface area (Å²) < 4.78 is 0. The van der Waals surface area contributed by atoms with E-state index in [-0.39, 0.29) is 17.1 Å². The number of carboxylic acids is 1. The number of thiol groups is 1. The third-order valence-electron chi connectivity index (χ3n) is 3.54. The average molecular weight is 323 g/mol. The van der Waals surface area contributed by atoms with Crippen molar-refractivity contribution in [3.05, 3.63) is 35.9 Å². The fraction of sp³-hybridized carbons (Fsp3) is 0.529. The standard InChI is InChI=1S/C17H25NO3S/c1-11(2)9-15(22)14(10-13-7-5-4-6-8-13)16(19)18-12(3)17(20)21/h4-8,11-12,14-15,22H,9-10H2,1-3H3,(H,18,19)(H,20,21)/t12-,14-,15?/m0/s1. The van der Waals surface area contributed by atoms with E-state index in [4.69, 9.17) is 5.11 Å². The maximum absolute atomic E-state index is 12.5. The molecular formula is C17H25NO3S. The van der Waals surface area contributed by atoms with Crippen molar-refractivity contribution in [3.8, 4) is 0 Å². The molecule has 0 heterocycles. The lowest BCUT2D eigenvalue weighted by Crippen LogP contribution is -2.44. The van der Waals surface area contributed by atoms with Crippen molar-refractivity contribution in [2.75, 3.05) is 0 Å². The largest absolute Gasteiger partial charge is 0.480 e. The summed E-state index contributed by atoms with van der Waals surface area (Å²) in [4.78, 5) is 23.4. The Labute approximate surface area is 137 Å². The normalized spacial score (nSPS) is 15.1. The Morgan fingerprint density at radius 1 is 1.18 bits per heavy atom. The molecule has 1 unspecified atom stereocenters. The SMILES string of the molecule is CC(C)CC(S)[C@H](Cc1ccccc1)C(=O)N[C@@H](C)C(=O)O. The third-order valence-corrected chi connectivity index (χ3v) is 4.11. The Morgan fingerprint density at radius 2 is 1.77 bits per heavy atom. The lowest BCUT2D eigenvalue weighted by Gasteiger charge is -2.25. The van der Waals surface area contributed by atoms with Gasteiger partial charge in [-0.15, -0.1) is 0 Å². The van der Waals surface area contributed by atoms with Crippen LogP contribution in [0.2, 0.25) is 0 Å². The second-order valence-electron chi connectivity index (χ2n) is 6.06. The van der Waals surface area contributed by atoms with E-state index in [0.717, 1.165) is 12.0 Å². The van der Waals surface area contributed by atoms with Gasteiger partial charge in [-0.2, -0.15) is 12.6 Å². The molecule has 0 aliphatic rings. The predicted octanol–water partition coefficient (Wildman–Crippen LogP) is 2.78. The fourth-order valence-electron chi connectivity index (χ4n) is 2.30. The molecular weight excluding hydrogens is 298 g/mol. The number of carbonyl (C=O) groups excluding carboxylic acids is 1. The molecule has 0 radical (unpaired) electrons. The van der Waals surface area contributed by atoms with Gasteiger partial charge in [-0.05, 0) is 31.2 Å². The minimum atomic E-state index is -1.04. The summed E-state index contributed by atoms with van der Waals surface area (Å²) in [6, 6.07) is 8.83. The van der Waals surface area contributed by atoms with E-state index in [1.165, 1.54) is 6.92 Å². The quantitative estimate of drug-likeness (QED) is 0.645. The predicted molar refractivity (Wildman–Crippen MR) is 91.1 cm³/mol. The number of benzene rings is 1. The number of carbonyl (C=O) groups is 2. The van der Waals surface area contributed by atoms with E-state index in [9.17, 15) is 9.59 Å². The number of aliphatic carboxylic acids is 1. The van der Waals surface area contributed by atoms with E-state index in [0.29, 0.717) is 12.3 Å². The number of rotatable bonds is 8. The first-order valence-electron chi connectivity index (χ1n) is 7.56. The van der Waals surface area contributed by atoms with Crippen LogP contribution in [0.4, 0.5) is 0 Å². The summed E-state index contributed by atoms with van der Waals surface area (Å²) in [5, 5.41) is 11.4. The molecule has 1 aromatic rings. The second kappa shape index (κ2) is 8.83. The fourth-order valence-corrected chi connectivity index (χ4v) is 2.96. The van der Waals surface area contributed by atoms with Crippen molar-refractivity contribution < 1.29 is 14.7 Å². The zero-order valence-corrected chi connectivity index (χ0v) is 14.2.